The summed E-state index contributed by atoms with van der Waals surface area (Å²) >= 11 is 1.32. The topological polar surface area (TPSA) is 64.4 Å². The summed E-state index contributed by atoms with van der Waals surface area (Å²) in [5.41, 5.74) is 1.67. The summed E-state index contributed by atoms with van der Waals surface area (Å²) < 4.78 is 27.3. The first-order valence-corrected chi connectivity index (χ1v) is 10.0. The number of aryl methyl sites for hydroxylation is 1. The second-order valence-electron chi connectivity index (χ2n) is 5.81. The largest absolute Gasteiger partial charge is 0.296 e. The summed E-state index contributed by atoms with van der Waals surface area (Å²) in [4.78, 5) is 3.20. The van der Waals surface area contributed by atoms with Crippen molar-refractivity contribution in [1.82, 2.24) is 9.21 Å². The van der Waals surface area contributed by atoms with Crippen LogP contribution >= 0.6 is 11.3 Å². The molecule has 0 unspecified atom stereocenters. The molecule has 7 heteroatoms. The molecule has 1 aliphatic heterocycles. The number of thiophene rings is 1. The smallest absolute Gasteiger partial charge is 0.252 e. The van der Waals surface area contributed by atoms with E-state index in [1.807, 2.05) is 37.3 Å². The third kappa shape index (κ3) is 3.52. The van der Waals surface area contributed by atoms with Gasteiger partial charge in [0.25, 0.3) is 10.0 Å². The third-order valence-electron chi connectivity index (χ3n) is 4.17. The fourth-order valence-corrected chi connectivity index (χ4v) is 5.67. The second-order valence-corrected chi connectivity index (χ2v) is 9.27. The minimum atomic E-state index is -3.38. The second kappa shape index (κ2) is 7.03. The van der Waals surface area contributed by atoms with Gasteiger partial charge in [0.2, 0.25) is 0 Å². The average molecular weight is 361 g/mol. The number of hydrogen-bond donors (Lipinski definition) is 0. The van der Waals surface area contributed by atoms with Crippen molar-refractivity contribution in [3.05, 3.63) is 52.4 Å². The first kappa shape index (κ1) is 17.1. The molecular formula is C17H19N3O2S2. The van der Waals surface area contributed by atoms with Gasteiger partial charge in [-0.1, -0.05) is 18.2 Å². The summed E-state index contributed by atoms with van der Waals surface area (Å²) in [6, 6.07) is 13.3. The summed E-state index contributed by atoms with van der Waals surface area (Å²) in [5.74, 6) is 0. The van der Waals surface area contributed by atoms with Crippen LogP contribution in [-0.2, 0) is 16.6 Å². The lowest BCUT2D eigenvalue weighted by molar-refractivity contribution is 0.181. The van der Waals surface area contributed by atoms with E-state index in [4.69, 9.17) is 5.26 Å². The van der Waals surface area contributed by atoms with E-state index in [1.165, 1.54) is 11.3 Å². The number of nitriles is 1. The standard InChI is InChI=1S/C17H19N3O2S2/c1-14-6-7-17(23-14)24(21,22)20-10-8-19(9-11-20)13-16-5-3-2-4-15(16)12-18/h2-7H,8-11,13H2,1H3. The Morgan fingerprint density at radius 2 is 1.83 bits per heavy atom. The molecule has 24 heavy (non-hydrogen) atoms. The summed E-state index contributed by atoms with van der Waals surface area (Å²) in [6.45, 7) is 4.89. The van der Waals surface area contributed by atoms with Crippen LogP contribution in [0.2, 0.25) is 0 Å². The Balaban J connectivity index is 1.65. The predicted molar refractivity (Wildman–Crippen MR) is 94.2 cm³/mol. The Bertz CT molecular complexity index is 860. The fraction of sp³-hybridized carbons (Fsp3) is 0.353. The highest BCUT2D eigenvalue weighted by Gasteiger charge is 2.29. The van der Waals surface area contributed by atoms with Crippen LogP contribution in [0.4, 0.5) is 0 Å². The molecule has 2 aromatic rings. The van der Waals surface area contributed by atoms with Crippen LogP contribution in [0.15, 0.2) is 40.6 Å². The van der Waals surface area contributed by atoms with Gasteiger partial charge >= 0.3 is 0 Å². The van der Waals surface area contributed by atoms with Crippen molar-refractivity contribution in [2.24, 2.45) is 0 Å². The number of nitrogens with zero attached hydrogens (tertiary/aromatic N) is 3. The van der Waals surface area contributed by atoms with Crippen LogP contribution in [0.1, 0.15) is 16.0 Å². The lowest BCUT2D eigenvalue weighted by Crippen LogP contribution is -2.48. The van der Waals surface area contributed by atoms with Gasteiger partial charge in [-0.05, 0) is 30.7 Å². The van der Waals surface area contributed by atoms with Crippen molar-refractivity contribution in [1.29, 1.82) is 5.26 Å². The first-order valence-electron chi connectivity index (χ1n) is 7.77. The van der Waals surface area contributed by atoms with Gasteiger partial charge in [-0.2, -0.15) is 9.57 Å². The molecule has 0 saturated carbocycles. The van der Waals surface area contributed by atoms with Crippen LogP contribution < -0.4 is 0 Å². The van der Waals surface area contributed by atoms with Gasteiger partial charge < -0.3 is 0 Å². The van der Waals surface area contributed by atoms with Crippen LogP contribution in [0.5, 0.6) is 0 Å². The predicted octanol–water partition coefficient (Wildman–Crippen LogP) is 2.43. The highest BCUT2D eigenvalue weighted by molar-refractivity contribution is 7.91. The molecule has 5 nitrogen and oxygen atoms in total. The average Bonchev–Trinajstić information content (AvgIpc) is 3.03. The van der Waals surface area contributed by atoms with Crippen molar-refractivity contribution in [3.8, 4) is 6.07 Å². The zero-order valence-electron chi connectivity index (χ0n) is 13.5. The Kier molecular flexibility index (Phi) is 5.01. The Labute approximate surface area is 146 Å². The molecule has 0 bridgehead atoms. The molecule has 0 amide bonds. The van der Waals surface area contributed by atoms with E-state index in [9.17, 15) is 8.42 Å². The van der Waals surface area contributed by atoms with Gasteiger partial charge in [0, 0.05) is 37.6 Å². The molecule has 1 aromatic heterocycles. The molecule has 3 rings (SSSR count). The maximum atomic E-state index is 12.6. The molecule has 0 radical (unpaired) electrons. The molecule has 0 atom stereocenters. The zero-order chi connectivity index (χ0) is 17.2. The van der Waals surface area contributed by atoms with Crippen LogP contribution in [0, 0.1) is 18.3 Å². The van der Waals surface area contributed by atoms with E-state index in [0.717, 1.165) is 10.4 Å². The highest BCUT2D eigenvalue weighted by Crippen LogP contribution is 2.25. The summed E-state index contributed by atoms with van der Waals surface area (Å²) in [6.07, 6.45) is 0. The van der Waals surface area contributed by atoms with Crippen molar-refractivity contribution in [2.45, 2.75) is 17.7 Å². The Hall–Kier alpha value is -1.72. The SMILES string of the molecule is Cc1ccc(S(=O)(=O)N2CCN(Cc3ccccc3C#N)CC2)s1. The maximum Gasteiger partial charge on any atom is 0.252 e. The molecule has 0 spiro atoms. The van der Waals surface area contributed by atoms with E-state index in [-0.39, 0.29) is 0 Å². The number of rotatable bonds is 4. The van der Waals surface area contributed by atoms with Crippen molar-refractivity contribution in [3.63, 3.8) is 0 Å². The van der Waals surface area contributed by atoms with Gasteiger partial charge in [0.15, 0.2) is 0 Å². The summed E-state index contributed by atoms with van der Waals surface area (Å²) in [5, 5.41) is 9.17. The van der Waals surface area contributed by atoms with Gasteiger partial charge in [0.1, 0.15) is 4.21 Å². The Morgan fingerprint density at radius 1 is 1.12 bits per heavy atom. The van der Waals surface area contributed by atoms with Crippen molar-refractivity contribution in [2.75, 3.05) is 26.2 Å². The number of sulfonamides is 1. The summed E-state index contributed by atoms with van der Waals surface area (Å²) in [7, 11) is -3.38. The molecule has 0 aliphatic carbocycles. The van der Waals surface area contributed by atoms with Gasteiger partial charge in [0.05, 0.1) is 11.6 Å². The quantitative estimate of drug-likeness (QED) is 0.839. The van der Waals surface area contributed by atoms with E-state index >= 15 is 0 Å². The monoisotopic (exact) mass is 361 g/mol. The van der Waals surface area contributed by atoms with E-state index in [2.05, 4.69) is 11.0 Å². The molecule has 1 aromatic carbocycles. The first-order chi connectivity index (χ1) is 11.5. The molecule has 0 N–H and O–H groups in total. The van der Waals surface area contributed by atoms with E-state index in [1.54, 1.807) is 10.4 Å². The third-order valence-corrected chi connectivity index (χ3v) is 7.54. The highest BCUT2D eigenvalue weighted by atomic mass is 32.2. The maximum absolute atomic E-state index is 12.6. The van der Waals surface area contributed by atoms with Gasteiger partial charge in [-0.25, -0.2) is 8.42 Å². The molecule has 126 valence electrons. The van der Waals surface area contributed by atoms with Gasteiger partial charge in [-0.3, -0.25) is 4.90 Å². The van der Waals surface area contributed by atoms with E-state index in [0.29, 0.717) is 42.5 Å². The molecular weight excluding hydrogens is 342 g/mol. The van der Waals surface area contributed by atoms with E-state index < -0.39 is 10.0 Å². The molecule has 1 aliphatic rings. The number of hydrogen-bond acceptors (Lipinski definition) is 5. The molecule has 2 heterocycles. The number of benzene rings is 1. The molecule has 1 saturated heterocycles. The minimum absolute atomic E-state index is 0.420. The number of piperazine rings is 1. The van der Waals surface area contributed by atoms with Crippen molar-refractivity contribution >= 4 is 21.4 Å². The Morgan fingerprint density at radius 3 is 2.46 bits per heavy atom. The van der Waals surface area contributed by atoms with Crippen LogP contribution in [-0.4, -0.2) is 43.8 Å². The lowest BCUT2D eigenvalue weighted by Gasteiger charge is -2.33. The van der Waals surface area contributed by atoms with Gasteiger partial charge in [-0.15, -0.1) is 11.3 Å². The van der Waals surface area contributed by atoms with Crippen LogP contribution in [0.3, 0.4) is 0 Å². The lowest BCUT2D eigenvalue weighted by atomic mass is 10.1. The molecule has 1 fully saturated rings. The fourth-order valence-electron chi connectivity index (χ4n) is 2.81. The zero-order valence-corrected chi connectivity index (χ0v) is 15.1. The normalized spacial score (nSPS) is 16.8. The van der Waals surface area contributed by atoms with Crippen LogP contribution in [0.25, 0.3) is 0 Å². The minimum Gasteiger partial charge on any atom is -0.296 e. The van der Waals surface area contributed by atoms with Crippen molar-refractivity contribution < 1.29 is 8.42 Å².